The first kappa shape index (κ1) is 13.3. The summed E-state index contributed by atoms with van der Waals surface area (Å²) < 4.78 is 18.3. The highest BCUT2D eigenvalue weighted by Crippen LogP contribution is 2.44. The van der Waals surface area contributed by atoms with E-state index in [-0.39, 0.29) is 29.6 Å². The quantitative estimate of drug-likeness (QED) is 0.817. The van der Waals surface area contributed by atoms with Crippen molar-refractivity contribution in [2.75, 3.05) is 20.3 Å². The average Bonchev–Trinajstić information content (AvgIpc) is 3.17. The van der Waals surface area contributed by atoms with Gasteiger partial charge < -0.3 is 15.2 Å². The Bertz CT molecular complexity index is 418. The van der Waals surface area contributed by atoms with Crippen LogP contribution in [0.4, 0.5) is 4.39 Å². The lowest BCUT2D eigenvalue weighted by atomic mass is 10.1. The van der Waals surface area contributed by atoms with Gasteiger partial charge in [0, 0.05) is 24.6 Å². The van der Waals surface area contributed by atoms with Crippen LogP contribution in [-0.2, 0) is 0 Å². The Balaban J connectivity index is 1.98. The first-order chi connectivity index (χ1) is 8.60. The zero-order valence-electron chi connectivity index (χ0n) is 10.9. The summed E-state index contributed by atoms with van der Waals surface area (Å²) in [5.74, 6) is -0.0769. The highest BCUT2D eigenvalue weighted by molar-refractivity contribution is 5.31. The minimum atomic E-state index is -0.345. The fourth-order valence-electron chi connectivity index (χ4n) is 2.00. The van der Waals surface area contributed by atoms with Gasteiger partial charge in [-0.2, -0.15) is 0 Å². The Morgan fingerprint density at radius 2 is 2.22 bits per heavy atom. The first-order valence-corrected chi connectivity index (χ1v) is 6.28. The summed E-state index contributed by atoms with van der Waals surface area (Å²) in [6, 6.07) is 5.01. The van der Waals surface area contributed by atoms with Crippen molar-refractivity contribution in [3.05, 3.63) is 29.6 Å². The van der Waals surface area contributed by atoms with E-state index < -0.39 is 0 Å². The number of hydrogen-bond acceptors (Lipinski definition) is 3. The molecule has 0 amide bonds. The zero-order valence-corrected chi connectivity index (χ0v) is 10.9. The van der Waals surface area contributed by atoms with Crippen molar-refractivity contribution >= 4 is 0 Å². The summed E-state index contributed by atoms with van der Waals surface area (Å²) in [6.45, 7) is 3.06. The van der Waals surface area contributed by atoms with Gasteiger partial charge in [-0.1, -0.05) is 6.07 Å². The smallest absolute Gasteiger partial charge is 0.165 e. The number of nitrogens with one attached hydrogen (secondary N) is 1. The van der Waals surface area contributed by atoms with Crippen molar-refractivity contribution in [3.8, 4) is 5.75 Å². The minimum Gasteiger partial charge on any atom is -0.494 e. The molecule has 2 rings (SSSR count). The van der Waals surface area contributed by atoms with Crippen LogP contribution in [0.25, 0.3) is 0 Å². The fourth-order valence-corrected chi connectivity index (χ4v) is 2.00. The van der Waals surface area contributed by atoms with Crippen molar-refractivity contribution in [2.24, 2.45) is 5.41 Å². The van der Waals surface area contributed by atoms with Crippen LogP contribution in [0.1, 0.15) is 31.4 Å². The fraction of sp³-hybridized carbons (Fsp3) is 0.571. The van der Waals surface area contributed by atoms with Gasteiger partial charge in [0.05, 0.1) is 7.11 Å². The van der Waals surface area contributed by atoms with Crippen LogP contribution >= 0.6 is 0 Å². The molecule has 0 aliphatic heterocycles. The van der Waals surface area contributed by atoms with Crippen LogP contribution in [-0.4, -0.2) is 25.4 Å². The topological polar surface area (TPSA) is 41.5 Å². The third-order valence-corrected chi connectivity index (χ3v) is 3.75. The molecule has 0 bridgehead atoms. The highest BCUT2D eigenvalue weighted by Gasteiger charge is 2.41. The van der Waals surface area contributed by atoms with Gasteiger partial charge in [0.15, 0.2) is 11.6 Å². The van der Waals surface area contributed by atoms with Gasteiger partial charge in [-0.15, -0.1) is 0 Å². The van der Waals surface area contributed by atoms with E-state index in [9.17, 15) is 9.50 Å². The first-order valence-electron chi connectivity index (χ1n) is 6.28. The second kappa shape index (κ2) is 5.24. The molecule has 0 heterocycles. The summed E-state index contributed by atoms with van der Waals surface area (Å²) in [6.07, 6.45) is 2.16. The molecule has 1 atom stereocenters. The predicted octanol–water partition coefficient (Wildman–Crippen LogP) is 2.26. The molecule has 0 aromatic heterocycles. The van der Waals surface area contributed by atoms with Gasteiger partial charge in [-0.3, -0.25) is 0 Å². The van der Waals surface area contributed by atoms with Crippen LogP contribution in [0.2, 0.25) is 0 Å². The molecule has 4 heteroatoms. The van der Waals surface area contributed by atoms with Crippen molar-refractivity contribution < 1.29 is 14.2 Å². The lowest BCUT2D eigenvalue weighted by Crippen LogP contribution is -2.28. The second-order valence-corrected chi connectivity index (χ2v) is 5.15. The Labute approximate surface area is 107 Å². The monoisotopic (exact) mass is 253 g/mol. The van der Waals surface area contributed by atoms with Gasteiger partial charge in [0.1, 0.15) is 0 Å². The third-order valence-electron chi connectivity index (χ3n) is 3.75. The normalized spacial score (nSPS) is 18.4. The van der Waals surface area contributed by atoms with Gasteiger partial charge in [-0.05, 0) is 37.5 Å². The molecule has 1 aliphatic carbocycles. The van der Waals surface area contributed by atoms with E-state index in [1.807, 2.05) is 6.92 Å². The lowest BCUT2D eigenvalue weighted by Gasteiger charge is -2.19. The summed E-state index contributed by atoms with van der Waals surface area (Å²) in [4.78, 5) is 0. The van der Waals surface area contributed by atoms with Crippen LogP contribution in [0.5, 0.6) is 5.75 Å². The van der Waals surface area contributed by atoms with Crippen LogP contribution in [0, 0.1) is 11.2 Å². The Hall–Kier alpha value is -1.13. The molecule has 2 N–H and O–H groups in total. The molecule has 1 saturated carbocycles. The van der Waals surface area contributed by atoms with E-state index in [0.29, 0.717) is 0 Å². The Kier molecular flexibility index (Phi) is 3.88. The number of rotatable bonds is 6. The van der Waals surface area contributed by atoms with Crippen molar-refractivity contribution in [1.29, 1.82) is 0 Å². The van der Waals surface area contributed by atoms with E-state index >= 15 is 0 Å². The third kappa shape index (κ3) is 2.82. The molecule has 100 valence electrons. The molecule has 1 aromatic carbocycles. The molecule has 3 nitrogen and oxygen atoms in total. The van der Waals surface area contributed by atoms with E-state index in [1.165, 1.54) is 13.2 Å². The molecule has 0 radical (unpaired) electrons. The molecule has 0 spiro atoms. The standard InChI is InChI=1S/C14H20FNO2/c1-10(16-8-14(9-17)5-6-14)11-3-4-12(15)13(7-11)18-2/h3-4,7,10,16-17H,5-6,8-9H2,1-2H3. The van der Waals surface area contributed by atoms with Crippen molar-refractivity contribution in [1.82, 2.24) is 5.32 Å². The average molecular weight is 253 g/mol. The molecule has 0 saturated heterocycles. The summed E-state index contributed by atoms with van der Waals surface area (Å²) in [7, 11) is 1.46. The number of halogens is 1. The maximum Gasteiger partial charge on any atom is 0.165 e. The second-order valence-electron chi connectivity index (χ2n) is 5.15. The molecule has 1 aliphatic rings. The van der Waals surface area contributed by atoms with Gasteiger partial charge in [-0.25, -0.2) is 4.39 Å². The summed E-state index contributed by atoms with van der Waals surface area (Å²) >= 11 is 0. The maximum atomic E-state index is 13.3. The van der Waals surface area contributed by atoms with Gasteiger partial charge >= 0.3 is 0 Å². The van der Waals surface area contributed by atoms with Crippen molar-refractivity contribution in [2.45, 2.75) is 25.8 Å². The zero-order chi connectivity index (χ0) is 13.2. The predicted molar refractivity (Wildman–Crippen MR) is 68.1 cm³/mol. The maximum absolute atomic E-state index is 13.3. The summed E-state index contributed by atoms with van der Waals surface area (Å²) in [5, 5.41) is 12.6. The van der Waals surface area contributed by atoms with E-state index in [0.717, 1.165) is 24.9 Å². The Morgan fingerprint density at radius 3 is 2.78 bits per heavy atom. The van der Waals surface area contributed by atoms with Crippen LogP contribution in [0.15, 0.2) is 18.2 Å². The number of ether oxygens (including phenoxy) is 1. The number of aliphatic hydroxyl groups is 1. The Morgan fingerprint density at radius 1 is 1.50 bits per heavy atom. The molecule has 1 unspecified atom stereocenters. The molecular weight excluding hydrogens is 233 g/mol. The van der Waals surface area contributed by atoms with E-state index in [1.54, 1.807) is 12.1 Å². The van der Waals surface area contributed by atoms with Gasteiger partial charge in [0.2, 0.25) is 0 Å². The molecular formula is C14H20FNO2. The van der Waals surface area contributed by atoms with E-state index in [4.69, 9.17) is 4.74 Å². The molecule has 18 heavy (non-hydrogen) atoms. The minimum absolute atomic E-state index is 0.0817. The van der Waals surface area contributed by atoms with Crippen LogP contribution in [0.3, 0.4) is 0 Å². The molecule has 1 fully saturated rings. The summed E-state index contributed by atoms with van der Waals surface area (Å²) in [5.41, 5.74) is 1.07. The number of hydrogen-bond donors (Lipinski definition) is 2. The largest absolute Gasteiger partial charge is 0.494 e. The SMILES string of the molecule is COc1cc(C(C)NCC2(CO)CC2)ccc1F. The number of benzene rings is 1. The molecule has 1 aromatic rings. The lowest BCUT2D eigenvalue weighted by molar-refractivity contribution is 0.204. The number of aliphatic hydroxyl groups excluding tert-OH is 1. The van der Waals surface area contributed by atoms with E-state index in [2.05, 4.69) is 5.32 Å². The van der Waals surface area contributed by atoms with Crippen LogP contribution < -0.4 is 10.1 Å². The number of methoxy groups -OCH3 is 1. The van der Waals surface area contributed by atoms with Gasteiger partial charge in [0.25, 0.3) is 0 Å². The van der Waals surface area contributed by atoms with Crippen molar-refractivity contribution in [3.63, 3.8) is 0 Å². The highest BCUT2D eigenvalue weighted by atomic mass is 19.1.